The first-order chi connectivity index (χ1) is 22.8. The van der Waals surface area contributed by atoms with Crippen LogP contribution in [-0.2, 0) is 6.42 Å². The predicted molar refractivity (Wildman–Crippen MR) is 195 cm³/mol. The highest BCUT2D eigenvalue weighted by molar-refractivity contribution is 8.04. The van der Waals surface area contributed by atoms with Crippen molar-refractivity contribution in [1.82, 2.24) is 9.97 Å². The maximum absolute atomic E-state index is 5.23. The highest BCUT2D eigenvalue weighted by atomic mass is 32.2. The summed E-state index contributed by atoms with van der Waals surface area (Å²) in [5.74, 6) is 2.26. The molecule has 46 heavy (non-hydrogen) atoms. The number of benzene rings is 1. The van der Waals surface area contributed by atoms with Crippen molar-refractivity contribution in [2.45, 2.75) is 69.0 Å². The molecule has 9 rings (SSSR count). The molecule has 2 nitrogen and oxygen atoms in total. The summed E-state index contributed by atoms with van der Waals surface area (Å²) in [5.41, 5.74) is 13.6. The fourth-order valence-electron chi connectivity index (χ4n) is 8.51. The molecule has 4 unspecified atom stereocenters. The maximum Gasteiger partial charge on any atom is 0.136 e. The lowest BCUT2D eigenvalue weighted by Crippen LogP contribution is -2.33. The third-order valence-corrected chi connectivity index (χ3v) is 12.2. The van der Waals surface area contributed by atoms with Crippen molar-refractivity contribution in [3.8, 4) is 0 Å². The van der Waals surface area contributed by atoms with Crippen molar-refractivity contribution in [2.24, 2.45) is 11.8 Å². The molecule has 4 atom stereocenters. The van der Waals surface area contributed by atoms with Gasteiger partial charge < -0.3 is 0 Å². The molecule has 0 spiro atoms. The Morgan fingerprint density at radius 1 is 0.717 bits per heavy atom. The van der Waals surface area contributed by atoms with E-state index in [0.717, 1.165) is 55.7 Å². The van der Waals surface area contributed by atoms with Gasteiger partial charge in [0.15, 0.2) is 0 Å². The molecule has 0 bridgehead atoms. The molecule has 1 saturated heterocycles. The number of aromatic nitrogens is 2. The Hall–Kier alpha value is -3.95. The summed E-state index contributed by atoms with van der Waals surface area (Å²) >= 11 is 2.11. The van der Waals surface area contributed by atoms with E-state index < -0.39 is 0 Å². The van der Waals surface area contributed by atoms with Gasteiger partial charge in [0, 0.05) is 22.0 Å². The fraction of sp³-hybridized carbons (Fsp3) is 0.302. The molecule has 0 N–H and O–H groups in total. The number of fused-ring (bicyclic) bond motifs is 4. The second-order valence-corrected chi connectivity index (χ2v) is 14.8. The summed E-state index contributed by atoms with van der Waals surface area (Å²) < 4.78 is 0. The molecule has 228 valence electrons. The van der Waals surface area contributed by atoms with Gasteiger partial charge in [-0.25, -0.2) is 9.97 Å². The Labute approximate surface area is 277 Å². The monoisotopic (exact) mass is 616 g/mol. The van der Waals surface area contributed by atoms with Crippen molar-refractivity contribution in [1.29, 1.82) is 0 Å². The summed E-state index contributed by atoms with van der Waals surface area (Å²) in [6.45, 7) is 0. The number of allylic oxidation sites excluding steroid dienone is 18. The largest absolute Gasteiger partial charge is 0.233 e. The van der Waals surface area contributed by atoms with E-state index >= 15 is 0 Å². The smallest absolute Gasteiger partial charge is 0.136 e. The minimum Gasteiger partial charge on any atom is -0.233 e. The Morgan fingerprint density at radius 2 is 1.61 bits per heavy atom. The van der Waals surface area contributed by atoms with E-state index in [9.17, 15) is 0 Å². The van der Waals surface area contributed by atoms with Crippen LogP contribution in [0.15, 0.2) is 120 Å². The van der Waals surface area contributed by atoms with E-state index in [0.29, 0.717) is 17.1 Å². The van der Waals surface area contributed by atoms with Crippen LogP contribution in [0.4, 0.5) is 0 Å². The molecule has 2 aromatic rings. The Balaban J connectivity index is 1.04. The lowest BCUT2D eigenvalue weighted by Gasteiger charge is -2.42. The molecule has 3 heteroatoms. The van der Waals surface area contributed by atoms with Gasteiger partial charge in [0.05, 0.1) is 11.4 Å². The zero-order valence-electron chi connectivity index (χ0n) is 26.4. The lowest BCUT2D eigenvalue weighted by atomic mass is 9.73. The van der Waals surface area contributed by atoms with Crippen molar-refractivity contribution >= 4 is 34.1 Å². The van der Waals surface area contributed by atoms with Crippen molar-refractivity contribution < 1.29 is 0 Å². The SMILES string of the molecule is C1=CCCC(c2cc(C3=CCCC=C3)nc(C3C=CC=C(c4ccc5c(c4)C4=CC=CC6SC7=CCCC=C7C(CC5)C46)C3)n2)=C1. The molecular formula is C43H40N2S. The predicted octanol–water partition coefficient (Wildman–Crippen LogP) is 10.9. The first-order valence-electron chi connectivity index (χ1n) is 17.4. The van der Waals surface area contributed by atoms with Crippen molar-refractivity contribution in [2.75, 3.05) is 0 Å². The minimum atomic E-state index is 0.147. The molecular weight excluding hydrogens is 577 g/mol. The second-order valence-electron chi connectivity index (χ2n) is 13.6. The van der Waals surface area contributed by atoms with Crippen LogP contribution in [0.25, 0.3) is 22.3 Å². The first kappa shape index (κ1) is 28.3. The van der Waals surface area contributed by atoms with E-state index in [1.807, 2.05) is 0 Å². The van der Waals surface area contributed by atoms with Crippen LogP contribution in [-0.4, -0.2) is 15.2 Å². The third kappa shape index (κ3) is 5.14. The van der Waals surface area contributed by atoms with Gasteiger partial charge in [0.25, 0.3) is 0 Å². The Kier molecular flexibility index (Phi) is 7.38. The molecule has 0 amide bonds. The number of rotatable bonds is 4. The zero-order valence-corrected chi connectivity index (χ0v) is 27.2. The molecule has 1 aromatic carbocycles. The molecule has 1 aromatic heterocycles. The first-order valence-corrected chi connectivity index (χ1v) is 18.3. The van der Waals surface area contributed by atoms with E-state index in [4.69, 9.17) is 9.97 Å². The number of aryl methyl sites for hydroxylation is 1. The Bertz CT molecular complexity index is 1920. The van der Waals surface area contributed by atoms with Crippen LogP contribution in [0.1, 0.15) is 91.2 Å². The molecule has 2 heterocycles. The highest BCUT2D eigenvalue weighted by Gasteiger charge is 2.43. The quantitative estimate of drug-likeness (QED) is 0.342. The van der Waals surface area contributed by atoms with Gasteiger partial charge in [-0.15, -0.1) is 11.8 Å². The summed E-state index contributed by atoms with van der Waals surface area (Å²) in [6.07, 6.45) is 42.6. The molecule has 1 fully saturated rings. The topological polar surface area (TPSA) is 25.8 Å². The van der Waals surface area contributed by atoms with E-state index in [2.05, 4.69) is 121 Å². The fourth-order valence-corrected chi connectivity index (χ4v) is 10.0. The van der Waals surface area contributed by atoms with Crippen molar-refractivity contribution in [3.05, 3.63) is 154 Å². The number of hydrogen-bond donors (Lipinski definition) is 0. The van der Waals surface area contributed by atoms with Crippen LogP contribution in [0.5, 0.6) is 0 Å². The normalized spacial score (nSPS) is 27.6. The van der Waals surface area contributed by atoms with Crippen LogP contribution in [0, 0.1) is 11.8 Å². The lowest BCUT2D eigenvalue weighted by molar-refractivity contribution is 0.448. The van der Waals surface area contributed by atoms with Crippen LogP contribution < -0.4 is 0 Å². The van der Waals surface area contributed by atoms with Gasteiger partial charge in [-0.3, -0.25) is 0 Å². The van der Waals surface area contributed by atoms with Gasteiger partial charge in [0.1, 0.15) is 5.82 Å². The summed E-state index contributed by atoms with van der Waals surface area (Å²) in [4.78, 5) is 12.0. The minimum absolute atomic E-state index is 0.147. The average Bonchev–Trinajstić information content (AvgIpc) is 3.30. The number of thioether (sulfide) groups is 1. The highest BCUT2D eigenvalue weighted by Crippen LogP contribution is 2.56. The van der Waals surface area contributed by atoms with Gasteiger partial charge in [-0.05, 0) is 120 Å². The summed E-state index contributed by atoms with van der Waals surface area (Å²) in [5, 5.41) is 0.532. The summed E-state index contributed by atoms with van der Waals surface area (Å²) in [6, 6.07) is 9.55. The van der Waals surface area contributed by atoms with Crippen LogP contribution in [0.3, 0.4) is 0 Å². The van der Waals surface area contributed by atoms with E-state index in [1.165, 1.54) is 52.7 Å². The molecule has 6 aliphatic carbocycles. The zero-order chi connectivity index (χ0) is 30.5. The van der Waals surface area contributed by atoms with Gasteiger partial charge >= 0.3 is 0 Å². The second kappa shape index (κ2) is 12.0. The third-order valence-electron chi connectivity index (χ3n) is 10.8. The summed E-state index contributed by atoms with van der Waals surface area (Å²) in [7, 11) is 0. The standard InChI is InChI=1S/C43H40N2S/c1-3-11-29(12-4-1)38-27-39(30-13-5-2-6-14-30)45-43(44-38)33-16-9-15-31(25-33)32-22-21-28-23-24-36-34-17-7-8-19-40(34)46-41-20-10-18-35(42(36)41)37(28)26-32/h1,3,5,9-11,13-22,26-27,33,36,41-42H,2,4,6-8,12,23-25H2. The van der Waals surface area contributed by atoms with E-state index in [1.54, 1.807) is 16.1 Å². The maximum atomic E-state index is 5.23. The molecule has 0 saturated carbocycles. The Morgan fingerprint density at radius 3 is 2.52 bits per heavy atom. The number of hydrogen-bond acceptors (Lipinski definition) is 3. The van der Waals surface area contributed by atoms with Gasteiger partial charge in [-0.1, -0.05) is 97.2 Å². The average molecular weight is 617 g/mol. The molecule has 1 aliphatic heterocycles. The molecule has 0 radical (unpaired) electrons. The van der Waals surface area contributed by atoms with E-state index in [-0.39, 0.29) is 5.92 Å². The van der Waals surface area contributed by atoms with Crippen LogP contribution >= 0.6 is 11.8 Å². The molecule has 7 aliphatic rings. The van der Waals surface area contributed by atoms with Gasteiger partial charge in [-0.2, -0.15) is 0 Å². The van der Waals surface area contributed by atoms with Crippen molar-refractivity contribution in [3.63, 3.8) is 0 Å². The van der Waals surface area contributed by atoms with Gasteiger partial charge in [0.2, 0.25) is 0 Å². The number of nitrogens with zero attached hydrogens (tertiary/aromatic N) is 2. The van der Waals surface area contributed by atoms with Crippen LogP contribution in [0.2, 0.25) is 0 Å².